The van der Waals surface area contributed by atoms with Crippen LogP contribution < -0.4 is 5.32 Å². The summed E-state index contributed by atoms with van der Waals surface area (Å²) in [5, 5.41) is 8.16. The van der Waals surface area contributed by atoms with Crippen LogP contribution in [0, 0.1) is 0 Å². The van der Waals surface area contributed by atoms with Crippen LogP contribution in [0.15, 0.2) is 10.7 Å². The molecule has 0 atom stereocenters. The Bertz CT molecular complexity index is 492. The number of aromatic nitrogens is 3. The monoisotopic (exact) mass is 266 g/mol. The van der Waals surface area contributed by atoms with Gasteiger partial charge in [0.15, 0.2) is 5.82 Å². The van der Waals surface area contributed by atoms with E-state index in [2.05, 4.69) is 27.4 Å². The van der Waals surface area contributed by atoms with E-state index in [0.717, 1.165) is 30.2 Å². The SMILES string of the molecule is CCc1cnc(CCNc2nc(C(C)C)no2)s1. The molecule has 2 heterocycles. The summed E-state index contributed by atoms with van der Waals surface area (Å²) in [5.41, 5.74) is 0. The molecule has 0 unspecified atom stereocenters. The molecule has 0 aliphatic rings. The number of anilines is 1. The lowest BCUT2D eigenvalue weighted by Crippen LogP contribution is -2.05. The molecular weight excluding hydrogens is 248 g/mol. The van der Waals surface area contributed by atoms with Gasteiger partial charge in [0.2, 0.25) is 0 Å². The molecule has 2 rings (SSSR count). The smallest absolute Gasteiger partial charge is 0.321 e. The zero-order valence-electron chi connectivity index (χ0n) is 10.9. The minimum Gasteiger partial charge on any atom is -0.337 e. The van der Waals surface area contributed by atoms with Crippen molar-refractivity contribution in [3.63, 3.8) is 0 Å². The van der Waals surface area contributed by atoms with Crippen molar-refractivity contribution in [1.29, 1.82) is 0 Å². The minimum absolute atomic E-state index is 0.287. The van der Waals surface area contributed by atoms with Crippen molar-refractivity contribution < 1.29 is 4.52 Å². The zero-order chi connectivity index (χ0) is 13.0. The number of thiazole rings is 1. The first-order chi connectivity index (χ1) is 8.69. The Kier molecular flexibility index (Phi) is 4.30. The molecule has 1 N–H and O–H groups in total. The van der Waals surface area contributed by atoms with Gasteiger partial charge in [0.1, 0.15) is 0 Å². The van der Waals surface area contributed by atoms with E-state index in [1.807, 2.05) is 20.0 Å². The molecule has 18 heavy (non-hydrogen) atoms. The maximum atomic E-state index is 5.10. The molecule has 0 aliphatic heterocycles. The van der Waals surface area contributed by atoms with Crippen LogP contribution in [0.1, 0.15) is 42.4 Å². The van der Waals surface area contributed by atoms with Crippen molar-refractivity contribution in [1.82, 2.24) is 15.1 Å². The average Bonchev–Trinajstić information content (AvgIpc) is 2.97. The number of hydrogen-bond donors (Lipinski definition) is 1. The fourth-order valence-electron chi connectivity index (χ4n) is 1.44. The second kappa shape index (κ2) is 5.95. The maximum absolute atomic E-state index is 5.10. The largest absolute Gasteiger partial charge is 0.337 e. The van der Waals surface area contributed by atoms with Gasteiger partial charge in [0.05, 0.1) is 5.01 Å². The summed E-state index contributed by atoms with van der Waals surface area (Å²) in [5.74, 6) is 1.02. The van der Waals surface area contributed by atoms with Crippen molar-refractivity contribution in [2.75, 3.05) is 11.9 Å². The first kappa shape index (κ1) is 13.0. The molecule has 0 fully saturated rings. The van der Waals surface area contributed by atoms with E-state index < -0.39 is 0 Å². The Hall–Kier alpha value is -1.43. The lowest BCUT2D eigenvalue weighted by molar-refractivity contribution is 0.419. The van der Waals surface area contributed by atoms with E-state index in [1.165, 1.54) is 4.88 Å². The quantitative estimate of drug-likeness (QED) is 0.871. The summed E-state index contributed by atoms with van der Waals surface area (Å²) >= 11 is 1.76. The number of nitrogens with one attached hydrogen (secondary N) is 1. The molecule has 5 nitrogen and oxygen atoms in total. The zero-order valence-corrected chi connectivity index (χ0v) is 11.8. The van der Waals surface area contributed by atoms with Gasteiger partial charge in [0, 0.05) is 30.0 Å². The molecular formula is C12H18N4OS. The molecule has 2 aromatic heterocycles. The topological polar surface area (TPSA) is 63.8 Å². The summed E-state index contributed by atoms with van der Waals surface area (Å²) in [6.07, 6.45) is 3.88. The highest BCUT2D eigenvalue weighted by Crippen LogP contribution is 2.15. The minimum atomic E-state index is 0.287. The predicted octanol–water partition coefficient (Wildman–Crippen LogP) is 2.87. The summed E-state index contributed by atoms with van der Waals surface area (Å²) in [7, 11) is 0. The first-order valence-corrected chi connectivity index (χ1v) is 7.01. The van der Waals surface area contributed by atoms with Crippen molar-refractivity contribution in [2.24, 2.45) is 0 Å². The molecule has 6 heteroatoms. The fraction of sp³-hybridized carbons (Fsp3) is 0.583. The second-order valence-electron chi connectivity index (χ2n) is 4.36. The van der Waals surface area contributed by atoms with E-state index in [-0.39, 0.29) is 5.92 Å². The third-order valence-corrected chi connectivity index (χ3v) is 3.72. The van der Waals surface area contributed by atoms with E-state index in [0.29, 0.717) is 6.01 Å². The highest BCUT2D eigenvalue weighted by atomic mass is 32.1. The van der Waals surface area contributed by atoms with Crippen LogP contribution >= 0.6 is 11.3 Å². The average molecular weight is 266 g/mol. The van der Waals surface area contributed by atoms with Gasteiger partial charge in [-0.3, -0.25) is 0 Å². The summed E-state index contributed by atoms with van der Waals surface area (Å²) in [6.45, 7) is 6.98. The number of hydrogen-bond acceptors (Lipinski definition) is 6. The van der Waals surface area contributed by atoms with Gasteiger partial charge in [-0.15, -0.1) is 11.3 Å². The Morgan fingerprint density at radius 2 is 2.28 bits per heavy atom. The molecule has 2 aromatic rings. The molecule has 0 saturated carbocycles. The fourth-order valence-corrected chi connectivity index (χ4v) is 2.31. The van der Waals surface area contributed by atoms with Gasteiger partial charge in [-0.1, -0.05) is 25.9 Å². The van der Waals surface area contributed by atoms with E-state index in [9.17, 15) is 0 Å². The van der Waals surface area contributed by atoms with Gasteiger partial charge < -0.3 is 9.84 Å². The molecule has 0 spiro atoms. The molecule has 0 amide bonds. The van der Waals surface area contributed by atoms with Gasteiger partial charge >= 0.3 is 6.01 Å². The third-order valence-electron chi connectivity index (χ3n) is 2.52. The Morgan fingerprint density at radius 3 is 2.89 bits per heavy atom. The Labute approximate surface area is 111 Å². The first-order valence-electron chi connectivity index (χ1n) is 6.20. The summed E-state index contributed by atoms with van der Waals surface area (Å²) in [4.78, 5) is 9.94. The lowest BCUT2D eigenvalue weighted by Gasteiger charge is -1.97. The molecule has 0 aromatic carbocycles. The molecule has 0 bridgehead atoms. The number of nitrogens with zero attached hydrogens (tertiary/aromatic N) is 3. The van der Waals surface area contributed by atoms with Crippen LogP contribution in [0.3, 0.4) is 0 Å². The van der Waals surface area contributed by atoms with Crippen molar-refractivity contribution in [3.05, 3.63) is 21.9 Å². The van der Waals surface area contributed by atoms with Crippen molar-refractivity contribution in [3.8, 4) is 0 Å². The molecule has 0 radical (unpaired) electrons. The van der Waals surface area contributed by atoms with Crippen LogP contribution in [-0.2, 0) is 12.8 Å². The van der Waals surface area contributed by atoms with E-state index in [1.54, 1.807) is 11.3 Å². The highest BCUT2D eigenvalue weighted by Gasteiger charge is 2.09. The van der Waals surface area contributed by atoms with E-state index >= 15 is 0 Å². The van der Waals surface area contributed by atoms with Crippen LogP contribution in [0.2, 0.25) is 0 Å². The van der Waals surface area contributed by atoms with Crippen LogP contribution in [-0.4, -0.2) is 21.7 Å². The van der Waals surface area contributed by atoms with Crippen LogP contribution in [0.5, 0.6) is 0 Å². The van der Waals surface area contributed by atoms with Gasteiger partial charge in [-0.25, -0.2) is 4.98 Å². The van der Waals surface area contributed by atoms with Gasteiger partial charge in [-0.05, 0) is 6.42 Å². The normalized spacial score (nSPS) is 11.1. The Balaban J connectivity index is 1.80. The molecule has 98 valence electrons. The number of rotatable bonds is 6. The van der Waals surface area contributed by atoms with Crippen LogP contribution in [0.4, 0.5) is 6.01 Å². The van der Waals surface area contributed by atoms with Crippen LogP contribution in [0.25, 0.3) is 0 Å². The Morgan fingerprint density at radius 1 is 1.44 bits per heavy atom. The standard InChI is InChI=1S/C12H18N4OS/c1-4-9-7-14-10(18-9)5-6-13-12-15-11(8(2)3)16-17-12/h7-8H,4-6H2,1-3H3,(H,13,15,16). The predicted molar refractivity (Wildman–Crippen MR) is 72.1 cm³/mol. The molecule has 0 saturated heterocycles. The van der Waals surface area contributed by atoms with Crippen molar-refractivity contribution >= 4 is 17.4 Å². The maximum Gasteiger partial charge on any atom is 0.321 e. The second-order valence-corrected chi connectivity index (χ2v) is 5.56. The van der Waals surface area contributed by atoms with Gasteiger partial charge in [0.25, 0.3) is 0 Å². The van der Waals surface area contributed by atoms with E-state index in [4.69, 9.17) is 4.52 Å². The highest BCUT2D eigenvalue weighted by molar-refractivity contribution is 7.11. The third kappa shape index (κ3) is 3.29. The number of aryl methyl sites for hydroxylation is 1. The summed E-state index contributed by atoms with van der Waals surface area (Å²) < 4.78 is 5.10. The van der Waals surface area contributed by atoms with Gasteiger partial charge in [-0.2, -0.15) is 4.98 Å². The van der Waals surface area contributed by atoms with Crippen molar-refractivity contribution in [2.45, 2.75) is 39.5 Å². The summed E-state index contributed by atoms with van der Waals surface area (Å²) in [6, 6.07) is 0.492. The lowest BCUT2D eigenvalue weighted by atomic mass is 10.2. The molecule has 0 aliphatic carbocycles.